The normalized spacial score (nSPS) is 24.7. The van der Waals surface area contributed by atoms with Crippen molar-refractivity contribution in [2.75, 3.05) is 13.2 Å². The maximum Gasteiger partial charge on any atom is 0.122 e. The molecular weight excluding hydrogens is 188 g/mol. The monoisotopic (exact) mass is 206 g/mol. The lowest BCUT2D eigenvalue weighted by Gasteiger charge is -2.36. The lowest BCUT2D eigenvalue weighted by molar-refractivity contribution is -0.131. The van der Waals surface area contributed by atoms with Crippen molar-refractivity contribution in [3.63, 3.8) is 0 Å². The minimum Gasteiger partial charge on any atom is -0.491 e. The van der Waals surface area contributed by atoms with Crippen molar-refractivity contribution in [1.29, 1.82) is 0 Å². The number of ether oxygens (including phenoxy) is 2. The zero-order chi connectivity index (χ0) is 10.7. The van der Waals surface area contributed by atoms with Crippen LogP contribution in [0, 0.1) is 12.8 Å². The van der Waals surface area contributed by atoms with Crippen LogP contribution in [0.5, 0.6) is 5.75 Å². The SMILES string of the molecule is CCC1COC1COc1ccccc1C. The minimum absolute atomic E-state index is 0.301. The van der Waals surface area contributed by atoms with Gasteiger partial charge >= 0.3 is 0 Å². The van der Waals surface area contributed by atoms with Gasteiger partial charge in [0, 0.05) is 5.92 Å². The van der Waals surface area contributed by atoms with E-state index in [1.165, 1.54) is 12.0 Å². The molecule has 1 heterocycles. The summed E-state index contributed by atoms with van der Waals surface area (Å²) in [5.74, 6) is 1.66. The van der Waals surface area contributed by atoms with Crippen LogP contribution in [0.4, 0.5) is 0 Å². The summed E-state index contributed by atoms with van der Waals surface area (Å²) in [6, 6.07) is 8.10. The summed E-state index contributed by atoms with van der Waals surface area (Å²) in [5.41, 5.74) is 1.19. The molecule has 1 fully saturated rings. The Morgan fingerprint density at radius 3 is 2.80 bits per heavy atom. The van der Waals surface area contributed by atoms with Crippen molar-refractivity contribution in [1.82, 2.24) is 0 Å². The molecule has 1 aliphatic heterocycles. The highest BCUT2D eigenvalue weighted by atomic mass is 16.5. The molecule has 0 radical (unpaired) electrons. The van der Waals surface area contributed by atoms with Crippen molar-refractivity contribution in [3.8, 4) is 5.75 Å². The zero-order valence-electron chi connectivity index (χ0n) is 9.40. The lowest BCUT2D eigenvalue weighted by Crippen LogP contribution is -2.43. The van der Waals surface area contributed by atoms with Gasteiger partial charge in [-0.15, -0.1) is 0 Å². The third kappa shape index (κ3) is 2.32. The van der Waals surface area contributed by atoms with Crippen LogP contribution in [0.2, 0.25) is 0 Å². The molecule has 0 spiro atoms. The topological polar surface area (TPSA) is 18.5 Å². The van der Waals surface area contributed by atoms with Gasteiger partial charge in [0.2, 0.25) is 0 Å². The molecule has 1 aromatic carbocycles. The van der Waals surface area contributed by atoms with Gasteiger partial charge in [0.15, 0.2) is 0 Å². The Hall–Kier alpha value is -1.02. The molecule has 15 heavy (non-hydrogen) atoms. The van der Waals surface area contributed by atoms with E-state index in [1.54, 1.807) is 0 Å². The number of hydrogen-bond donors (Lipinski definition) is 0. The van der Waals surface area contributed by atoms with E-state index in [0.717, 1.165) is 12.4 Å². The van der Waals surface area contributed by atoms with Gasteiger partial charge in [-0.3, -0.25) is 0 Å². The van der Waals surface area contributed by atoms with Crippen molar-refractivity contribution >= 4 is 0 Å². The van der Waals surface area contributed by atoms with Gasteiger partial charge in [-0.2, -0.15) is 0 Å². The minimum atomic E-state index is 0.301. The van der Waals surface area contributed by atoms with E-state index in [4.69, 9.17) is 9.47 Å². The van der Waals surface area contributed by atoms with Gasteiger partial charge in [-0.05, 0) is 25.0 Å². The second kappa shape index (κ2) is 4.67. The molecule has 0 aromatic heterocycles. The Morgan fingerprint density at radius 2 is 2.20 bits per heavy atom. The van der Waals surface area contributed by atoms with E-state index in [2.05, 4.69) is 19.9 Å². The van der Waals surface area contributed by atoms with Gasteiger partial charge in [-0.25, -0.2) is 0 Å². The van der Waals surface area contributed by atoms with Crippen molar-refractivity contribution in [2.24, 2.45) is 5.92 Å². The van der Waals surface area contributed by atoms with Crippen LogP contribution in [0.15, 0.2) is 24.3 Å². The molecule has 1 saturated heterocycles. The van der Waals surface area contributed by atoms with Gasteiger partial charge < -0.3 is 9.47 Å². The first kappa shape index (κ1) is 10.5. The Bertz CT molecular complexity index is 320. The average Bonchev–Trinajstić information content (AvgIpc) is 2.20. The third-order valence-electron chi connectivity index (χ3n) is 3.07. The molecule has 2 unspecified atom stereocenters. The van der Waals surface area contributed by atoms with Crippen LogP contribution < -0.4 is 4.74 Å². The predicted molar refractivity (Wildman–Crippen MR) is 60.2 cm³/mol. The van der Waals surface area contributed by atoms with Crippen LogP contribution in [-0.2, 0) is 4.74 Å². The fourth-order valence-corrected chi connectivity index (χ4v) is 1.82. The largest absolute Gasteiger partial charge is 0.491 e. The standard InChI is InChI=1S/C13H18O2/c1-3-11-8-14-13(11)9-15-12-7-5-4-6-10(12)2/h4-7,11,13H,3,8-9H2,1-2H3. The second-order valence-corrected chi connectivity index (χ2v) is 4.12. The van der Waals surface area contributed by atoms with Gasteiger partial charge in [0.25, 0.3) is 0 Å². The van der Waals surface area contributed by atoms with E-state index >= 15 is 0 Å². The quantitative estimate of drug-likeness (QED) is 0.754. The van der Waals surface area contributed by atoms with Gasteiger partial charge in [0.05, 0.1) is 12.7 Å². The second-order valence-electron chi connectivity index (χ2n) is 4.12. The van der Waals surface area contributed by atoms with Crippen molar-refractivity contribution in [2.45, 2.75) is 26.4 Å². The number of para-hydroxylation sites is 1. The van der Waals surface area contributed by atoms with Crippen LogP contribution in [0.3, 0.4) is 0 Å². The van der Waals surface area contributed by atoms with Crippen molar-refractivity contribution in [3.05, 3.63) is 29.8 Å². The van der Waals surface area contributed by atoms with Gasteiger partial charge in [0.1, 0.15) is 12.4 Å². The smallest absolute Gasteiger partial charge is 0.122 e. The first-order valence-electron chi connectivity index (χ1n) is 5.61. The Morgan fingerprint density at radius 1 is 1.40 bits per heavy atom. The summed E-state index contributed by atoms with van der Waals surface area (Å²) in [7, 11) is 0. The molecule has 1 aliphatic rings. The molecule has 82 valence electrons. The Kier molecular flexibility index (Phi) is 3.27. The average molecular weight is 206 g/mol. The molecular formula is C13H18O2. The molecule has 1 aromatic rings. The molecule has 2 heteroatoms. The maximum absolute atomic E-state index is 5.75. The molecule has 0 aliphatic carbocycles. The summed E-state index contributed by atoms with van der Waals surface area (Å²) < 4.78 is 11.2. The zero-order valence-corrected chi connectivity index (χ0v) is 9.40. The predicted octanol–water partition coefficient (Wildman–Crippen LogP) is 2.80. The molecule has 2 atom stereocenters. The van der Waals surface area contributed by atoms with Crippen molar-refractivity contribution < 1.29 is 9.47 Å². The molecule has 0 saturated carbocycles. The van der Waals surface area contributed by atoms with E-state index < -0.39 is 0 Å². The molecule has 2 rings (SSSR count). The van der Waals surface area contributed by atoms with Crippen LogP contribution in [0.1, 0.15) is 18.9 Å². The Labute approximate surface area is 91.2 Å². The number of hydrogen-bond acceptors (Lipinski definition) is 2. The van der Waals surface area contributed by atoms with E-state index in [1.807, 2.05) is 18.2 Å². The summed E-state index contributed by atoms with van der Waals surface area (Å²) in [5, 5.41) is 0. The highest BCUT2D eigenvalue weighted by Gasteiger charge is 2.30. The first-order chi connectivity index (χ1) is 7.31. The number of aryl methyl sites for hydroxylation is 1. The Balaban J connectivity index is 1.86. The van der Waals surface area contributed by atoms with E-state index in [9.17, 15) is 0 Å². The molecule has 0 bridgehead atoms. The number of benzene rings is 1. The van der Waals surface area contributed by atoms with Crippen LogP contribution in [-0.4, -0.2) is 19.3 Å². The highest BCUT2D eigenvalue weighted by Crippen LogP contribution is 2.25. The fourth-order valence-electron chi connectivity index (χ4n) is 1.82. The summed E-state index contributed by atoms with van der Waals surface area (Å²) in [6.07, 6.45) is 1.48. The summed E-state index contributed by atoms with van der Waals surface area (Å²) in [6.45, 7) is 5.85. The summed E-state index contributed by atoms with van der Waals surface area (Å²) >= 11 is 0. The van der Waals surface area contributed by atoms with Gasteiger partial charge in [-0.1, -0.05) is 25.1 Å². The first-order valence-corrected chi connectivity index (χ1v) is 5.61. The fraction of sp³-hybridized carbons (Fsp3) is 0.538. The van der Waals surface area contributed by atoms with Crippen LogP contribution in [0.25, 0.3) is 0 Å². The lowest BCUT2D eigenvalue weighted by atomic mass is 9.96. The maximum atomic E-state index is 5.75. The molecule has 2 nitrogen and oxygen atoms in total. The van der Waals surface area contributed by atoms with E-state index in [0.29, 0.717) is 18.6 Å². The molecule has 0 N–H and O–H groups in total. The highest BCUT2D eigenvalue weighted by molar-refractivity contribution is 5.31. The van der Waals surface area contributed by atoms with Crippen LogP contribution >= 0.6 is 0 Å². The summed E-state index contributed by atoms with van der Waals surface area (Å²) in [4.78, 5) is 0. The number of rotatable bonds is 4. The van der Waals surface area contributed by atoms with E-state index in [-0.39, 0.29) is 0 Å². The third-order valence-corrected chi connectivity index (χ3v) is 3.07. The molecule has 0 amide bonds.